The Morgan fingerprint density at radius 2 is 1.96 bits per heavy atom. The number of fused-ring (bicyclic) bond motifs is 1. The molecule has 1 amide bonds. The molecule has 0 aliphatic carbocycles. The van der Waals surface area contributed by atoms with E-state index in [0.29, 0.717) is 11.6 Å². The molecule has 0 radical (unpaired) electrons. The lowest BCUT2D eigenvalue weighted by Gasteiger charge is -2.03. The number of aryl methyl sites for hydroxylation is 1. The Labute approximate surface area is 144 Å². The molecule has 124 valence electrons. The maximum Gasteiger partial charge on any atom is 0.291 e. The molecule has 0 spiro atoms. The fraction of sp³-hybridized carbons (Fsp3) is 0.100. The van der Waals surface area contributed by atoms with E-state index in [-0.39, 0.29) is 11.7 Å². The second kappa shape index (κ2) is 6.28. The average molecular weight is 332 g/mol. The molecule has 1 N–H and O–H groups in total. The van der Waals surface area contributed by atoms with E-state index in [1.807, 2.05) is 42.5 Å². The first kappa shape index (κ1) is 15.2. The van der Waals surface area contributed by atoms with Crippen molar-refractivity contribution in [3.05, 3.63) is 72.2 Å². The Hall–Kier alpha value is -3.34. The van der Waals surface area contributed by atoms with Crippen molar-refractivity contribution in [3.8, 4) is 11.5 Å². The molecule has 0 unspecified atom stereocenters. The Bertz CT molecular complexity index is 1010. The Balaban J connectivity index is 1.56. The van der Waals surface area contributed by atoms with Crippen LogP contribution in [0.3, 0.4) is 0 Å². The number of nitrogens with one attached hydrogen (secondary N) is 1. The SMILES string of the molecule is CCc1ccc2oc(-c3ccc(NC(=O)c4ccco4)cc3)nc2c1. The van der Waals surface area contributed by atoms with Crippen molar-refractivity contribution in [2.24, 2.45) is 0 Å². The molecule has 0 aliphatic heterocycles. The van der Waals surface area contributed by atoms with Crippen LogP contribution in [0.25, 0.3) is 22.6 Å². The van der Waals surface area contributed by atoms with E-state index in [0.717, 1.165) is 23.1 Å². The van der Waals surface area contributed by atoms with Crippen molar-refractivity contribution in [1.29, 1.82) is 0 Å². The summed E-state index contributed by atoms with van der Waals surface area (Å²) < 4.78 is 10.9. The molecule has 5 heteroatoms. The Morgan fingerprint density at radius 3 is 2.68 bits per heavy atom. The molecule has 2 aromatic carbocycles. The molecule has 0 bridgehead atoms. The van der Waals surface area contributed by atoms with Crippen LogP contribution in [-0.2, 0) is 6.42 Å². The molecule has 5 nitrogen and oxygen atoms in total. The average Bonchev–Trinajstić information content (AvgIpc) is 3.31. The van der Waals surface area contributed by atoms with Gasteiger partial charge >= 0.3 is 0 Å². The van der Waals surface area contributed by atoms with Crippen molar-refractivity contribution in [2.45, 2.75) is 13.3 Å². The smallest absolute Gasteiger partial charge is 0.291 e. The van der Waals surface area contributed by atoms with Crippen LogP contribution < -0.4 is 5.32 Å². The van der Waals surface area contributed by atoms with Gasteiger partial charge in [-0.25, -0.2) is 4.98 Å². The van der Waals surface area contributed by atoms with E-state index >= 15 is 0 Å². The molecule has 0 aliphatic rings. The van der Waals surface area contributed by atoms with E-state index in [9.17, 15) is 4.79 Å². The number of carbonyl (C=O) groups excluding carboxylic acids is 1. The maximum atomic E-state index is 12.0. The number of furan rings is 1. The molecule has 25 heavy (non-hydrogen) atoms. The number of nitrogens with zero attached hydrogens (tertiary/aromatic N) is 1. The van der Waals surface area contributed by atoms with Crippen molar-refractivity contribution < 1.29 is 13.6 Å². The summed E-state index contributed by atoms with van der Waals surface area (Å²) in [5.74, 6) is 0.550. The fourth-order valence-electron chi connectivity index (χ4n) is 2.61. The normalized spacial score (nSPS) is 10.9. The van der Waals surface area contributed by atoms with Crippen LogP contribution in [0.4, 0.5) is 5.69 Å². The Morgan fingerprint density at radius 1 is 1.12 bits per heavy atom. The highest BCUT2D eigenvalue weighted by molar-refractivity contribution is 6.02. The largest absolute Gasteiger partial charge is 0.459 e. The van der Waals surface area contributed by atoms with Gasteiger partial charge in [0.25, 0.3) is 5.91 Å². The minimum absolute atomic E-state index is 0.273. The lowest BCUT2D eigenvalue weighted by atomic mass is 10.1. The highest BCUT2D eigenvalue weighted by Crippen LogP contribution is 2.26. The van der Waals surface area contributed by atoms with Gasteiger partial charge in [0.15, 0.2) is 11.3 Å². The molecule has 0 atom stereocenters. The maximum absolute atomic E-state index is 12.0. The van der Waals surface area contributed by atoms with Crippen LogP contribution in [0.1, 0.15) is 23.0 Å². The number of hydrogen-bond acceptors (Lipinski definition) is 4. The van der Waals surface area contributed by atoms with E-state index in [4.69, 9.17) is 8.83 Å². The first-order valence-corrected chi connectivity index (χ1v) is 8.07. The number of anilines is 1. The molecular formula is C20H16N2O3. The number of carbonyl (C=O) groups is 1. The molecular weight excluding hydrogens is 316 g/mol. The molecule has 4 rings (SSSR count). The van der Waals surface area contributed by atoms with Crippen LogP contribution in [0.15, 0.2) is 69.7 Å². The first-order valence-electron chi connectivity index (χ1n) is 8.07. The fourth-order valence-corrected chi connectivity index (χ4v) is 2.61. The van der Waals surface area contributed by atoms with E-state index < -0.39 is 0 Å². The van der Waals surface area contributed by atoms with Gasteiger partial charge in [-0.05, 0) is 60.5 Å². The molecule has 2 heterocycles. The zero-order chi connectivity index (χ0) is 17.2. The summed E-state index contributed by atoms with van der Waals surface area (Å²) >= 11 is 0. The van der Waals surface area contributed by atoms with Gasteiger partial charge < -0.3 is 14.2 Å². The first-order chi connectivity index (χ1) is 12.2. The topological polar surface area (TPSA) is 68.3 Å². The predicted octanol–water partition coefficient (Wildman–Crippen LogP) is 4.90. The van der Waals surface area contributed by atoms with Crippen LogP contribution in [0.5, 0.6) is 0 Å². The van der Waals surface area contributed by atoms with Crippen molar-refractivity contribution in [2.75, 3.05) is 5.32 Å². The predicted molar refractivity (Wildman–Crippen MR) is 95.5 cm³/mol. The van der Waals surface area contributed by atoms with Crippen molar-refractivity contribution in [1.82, 2.24) is 4.98 Å². The quantitative estimate of drug-likeness (QED) is 0.577. The van der Waals surface area contributed by atoms with Crippen LogP contribution in [0, 0.1) is 0 Å². The molecule has 0 fully saturated rings. The monoisotopic (exact) mass is 332 g/mol. The zero-order valence-corrected chi connectivity index (χ0v) is 13.7. The lowest BCUT2D eigenvalue weighted by molar-refractivity contribution is 0.0996. The zero-order valence-electron chi connectivity index (χ0n) is 13.7. The number of oxazole rings is 1. The summed E-state index contributed by atoms with van der Waals surface area (Å²) in [4.78, 5) is 16.5. The van der Waals surface area contributed by atoms with Gasteiger partial charge in [0.2, 0.25) is 5.89 Å². The molecule has 0 saturated heterocycles. The summed E-state index contributed by atoms with van der Waals surface area (Å²) in [6, 6.07) is 16.7. The molecule has 4 aromatic rings. The third-order valence-electron chi connectivity index (χ3n) is 3.99. The van der Waals surface area contributed by atoms with E-state index in [1.165, 1.54) is 11.8 Å². The highest BCUT2D eigenvalue weighted by Gasteiger charge is 2.11. The summed E-state index contributed by atoms with van der Waals surface area (Å²) in [5.41, 5.74) is 4.37. The summed E-state index contributed by atoms with van der Waals surface area (Å²) in [6.45, 7) is 2.11. The van der Waals surface area contributed by atoms with Gasteiger partial charge in [0.05, 0.1) is 6.26 Å². The standard InChI is InChI=1S/C20H16N2O3/c1-2-13-5-10-17-16(12-13)22-20(25-17)14-6-8-15(9-7-14)21-19(23)18-4-3-11-24-18/h3-12H,2H2,1H3,(H,21,23). The van der Waals surface area contributed by atoms with Gasteiger partial charge in [-0.2, -0.15) is 0 Å². The lowest BCUT2D eigenvalue weighted by Crippen LogP contribution is -2.10. The van der Waals surface area contributed by atoms with Crippen LogP contribution >= 0.6 is 0 Å². The number of amides is 1. The minimum Gasteiger partial charge on any atom is -0.459 e. The minimum atomic E-state index is -0.285. The second-order valence-electron chi connectivity index (χ2n) is 5.68. The molecule has 2 aromatic heterocycles. The summed E-state index contributed by atoms with van der Waals surface area (Å²) in [5, 5.41) is 2.78. The van der Waals surface area contributed by atoms with Crippen LogP contribution in [0.2, 0.25) is 0 Å². The third kappa shape index (κ3) is 3.04. The number of aromatic nitrogens is 1. The van der Waals surface area contributed by atoms with Gasteiger partial charge in [-0.1, -0.05) is 13.0 Å². The van der Waals surface area contributed by atoms with Crippen molar-refractivity contribution >= 4 is 22.7 Å². The van der Waals surface area contributed by atoms with Crippen LogP contribution in [-0.4, -0.2) is 10.9 Å². The van der Waals surface area contributed by atoms with Gasteiger partial charge in [-0.3, -0.25) is 4.79 Å². The van der Waals surface area contributed by atoms with Gasteiger partial charge in [0.1, 0.15) is 5.52 Å². The van der Waals surface area contributed by atoms with Gasteiger partial charge in [-0.15, -0.1) is 0 Å². The van der Waals surface area contributed by atoms with Gasteiger partial charge in [0, 0.05) is 11.3 Å². The van der Waals surface area contributed by atoms with E-state index in [2.05, 4.69) is 17.2 Å². The Kier molecular flexibility index (Phi) is 3.82. The number of rotatable bonds is 4. The summed E-state index contributed by atoms with van der Waals surface area (Å²) in [6.07, 6.45) is 2.43. The number of benzene rings is 2. The summed E-state index contributed by atoms with van der Waals surface area (Å²) in [7, 11) is 0. The third-order valence-corrected chi connectivity index (χ3v) is 3.99. The second-order valence-corrected chi connectivity index (χ2v) is 5.68. The van der Waals surface area contributed by atoms with Crippen molar-refractivity contribution in [3.63, 3.8) is 0 Å². The highest BCUT2D eigenvalue weighted by atomic mass is 16.3. The van der Waals surface area contributed by atoms with E-state index in [1.54, 1.807) is 12.1 Å². The number of hydrogen-bond donors (Lipinski definition) is 1. The molecule has 0 saturated carbocycles.